The van der Waals surface area contributed by atoms with E-state index in [0.717, 1.165) is 13.0 Å². The van der Waals surface area contributed by atoms with Gasteiger partial charge in [-0.3, -0.25) is 4.79 Å². The maximum absolute atomic E-state index is 10.5. The molecule has 14 heavy (non-hydrogen) atoms. The van der Waals surface area contributed by atoms with Crippen LogP contribution >= 0.6 is 0 Å². The Labute approximate surface area is 84.3 Å². The van der Waals surface area contributed by atoms with Crippen molar-refractivity contribution in [1.82, 2.24) is 14.9 Å². The van der Waals surface area contributed by atoms with Crippen LogP contribution in [-0.2, 0) is 11.3 Å². The van der Waals surface area contributed by atoms with Gasteiger partial charge in [0.1, 0.15) is 0 Å². The first-order valence-electron chi connectivity index (χ1n) is 4.69. The minimum Gasteiger partial charge on any atom is -0.354 e. The second-order valence-electron chi connectivity index (χ2n) is 4.46. The van der Waals surface area contributed by atoms with Gasteiger partial charge in [0.15, 0.2) is 0 Å². The molecule has 4 heteroatoms. The Bertz CT molecular complexity index is 274. The summed E-state index contributed by atoms with van der Waals surface area (Å²) >= 11 is 0. The first-order chi connectivity index (χ1) is 6.54. The molecule has 1 amide bonds. The molecule has 0 saturated heterocycles. The zero-order chi connectivity index (χ0) is 10.6. The second-order valence-corrected chi connectivity index (χ2v) is 4.46. The summed E-state index contributed by atoms with van der Waals surface area (Å²) in [6.45, 7) is 7.06. The van der Waals surface area contributed by atoms with Gasteiger partial charge in [-0.2, -0.15) is 0 Å². The van der Waals surface area contributed by atoms with E-state index >= 15 is 0 Å². The van der Waals surface area contributed by atoms with Crippen molar-refractivity contribution in [3.8, 4) is 0 Å². The highest BCUT2D eigenvalue weighted by Gasteiger charge is 2.23. The summed E-state index contributed by atoms with van der Waals surface area (Å²) < 4.78 is 1.96. The molecule has 1 aromatic rings. The highest BCUT2D eigenvalue weighted by atomic mass is 16.1. The average molecular weight is 195 g/mol. The maximum Gasteiger partial charge on any atom is 0.207 e. The Morgan fingerprint density at radius 3 is 2.71 bits per heavy atom. The lowest BCUT2D eigenvalue weighted by Crippen LogP contribution is -2.42. The Balaban J connectivity index is 2.65. The zero-order valence-corrected chi connectivity index (χ0v) is 8.90. The standard InChI is InChI=1S/C10H17N3O/c1-10(2,3)9(12-8-14)6-13-5-4-11-7-13/h4-5,7-9H,6H2,1-3H3,(H,12,14). The number of imidazole rings is 1. The highest BCUT2D eigenvalue weighted by molar-refractivity contribution is 5.46. The van der Waals surface area contributed by atoms with Gasteiger partial charge >= 0.3 is 0 Å². The van der Waals surface area contributed by atoms with Crippen LogP contribution in [0.5, 0.6) is 0 Å². The molecule has 1 heterocycles. The molecule has 1 N–H and O–H groups in total. The quantitative estimate of drug-likeness (QED) is 0.730. The molecule has 0 aliphatic heterocycles. The molecular formula is C10H17N3O. The van der Waals surface area contributed by atoms with Crippen molar-refractivity contribution in [3.05, 3.63) is 18.7 Å². The Morgan fingerprint density at radius 2 is 2.29 bits per heavy atom. The van der Waals surface area contributed by atoms with Crippen LogP contribution in [0.25, 0.3) is 0 Å². The van der Waals surface area contributed by atoms with Gasteiger partial charge in [-0.05, 0) is 5.41 Å². The van der Waals surface area contributed by atoms with E-state index in [1.165, 1.54) is 0 Å². The molecule has 1 unspecified atom stereocenters. The molecule has 0 aliphatic carbocycles. The van der Waals surface area contributed by atoms with Gasteiger partial charge < -0.3 is 9.88 Å². The van der Waals surface area contributed by atoms with Crippen molar-refractivity contribution in [3.63, 3.8) is 0 Å². The number of carbonyl (C=O) groups excluding carboxylic acids is 1. The van der Waals surface area contributed by atoms with Gasteiger partial charge in [0.2, 0.25) is 6.41 Å². The molecule has 0 radical (unpaired) electrons. The lowest BCUT2D eigenvalue weighted by atomic mass is 9.87. The number of nitrogens with zero attached hydrogens (tertiary/aromatic N) is 2. The van der Waals surface area contributed by atoms with Gasteiger partial charge in [0.05, 0.1) is 12.4 Å². The Morgan fingerprint density at radius 1 is 1.57 bits per heavy atom. The number of nitrogens with one attached hydrogen (secondary N) is 1. The molecule has 1 rings (SSSR count). The predicted octanol–water partition coefficient (Wildman–Crippen LogP) is 1.04. The second kappa shape index (κ2) is 4.26. The third kappa shape index (κ3) is 2.87. The van der Waals surface area contributed by atoms with Crippen molar-refractivity contribution in [2.75, 3.05) is 0 Å². The molecule has 0 saturated carbocycles. The summed E-state index contributed by atoms with van der Waals surface area (Å²) in [6.07, 6.45) is 6.14. The van der Waals surface area contributed by atoms with Crippen LogP contribution in [0.3, 0.4) is 0 Å². The monoisotopic (exact) mass is 195 g/mol. The molecule has 1 atom stereocenters. The number of amides is 1. The molecule has 78 valence electrons. The van der Waals surface area contributed by atoms with Crippen LogP contribution in [0, 0.1) is 5.41 Å². The minimum atomic E-state index is 0.0468. The zero-order valence-electron chi connectivity index (χ0n) is 8.90. The van der Waals surface area contributed by atoms with E-state index < -0.39 is 0 Å². The number of rotatable bonds is 4. The molecule has 0 spiro atoms. The van der Waals surface area contributed by atoms with Crippen LogP contribution in [0.4, 0.5) is 0 Å². The molecule has 0 aromatic carbocycles. The number of hydrogen-bond acceptors (Lipinski definition) is 2. The first kappa shape index (κ1) is 10.8. The lowest BCUT2D eigenvalue weighted by molar-refractivity contribution is -0.110. The van der Waals surface area contributed by atoms with E-state index in [4.69, 9.17) is 0 Å². The molecular weight excluding hydrogens is 178 g/mol. The Hall–Kier alpha value is -1.32. The van der Waals surface area contributed by atoms with Crippen molar-refractivity contribution < 1.29 is 4.79 Å². The summed E-state index contributed by atoms with van der Waals surface area (Å²) in [7, 11) is 0. The van der Waals surface area contributed by atoms with E-state index in [1.807, 2.05) is 10.8 Å². The van der Waals surface area contributed by atoms with Crippen LogP contribution in [-0.4, -0.2) is 22.0 Å². The fourth-order valence-electron chi connectivity index (χ4n) is 1.26. The van der Waals surface area contributed by atoms with Gasteiger partial charge in [-0.1, -0.05) is 20.8 Å². The van der Waals surface area contributed by atoms with E-state index in [9.17, 15) is 4.79 Å². The minimum absolute atomic E-state index is 0.0468. The fraction of sp³-hybridized carbons (Fsp3) is 0.600. The molecule has 0 aliphatic rings. The van der Waals surface area contributed by atoms with E-state index in [1.54, 1.807) is 12.5 Å². The number of carbonyl (C=O) groups is 1. The smallest absolute Gasteiger partial charge is 0.207 e. The van der Waals surface area contributed by atoms with E-state index in [-0.39, 0.29) is 11.5 Å². The SMILES string of the molecule is CC(C)(C)C(Cn1ccnc1)NC=O. The van der Waals surface area contributed by atoms with Crippen molar-refractivity contribution in [1.29, 1.82) is 0 Å². The summed E-state index contributed by atoms with van der Waals surface area (Å²) in [5.74, 6) is 0. The van der Waals surface area contributed by atoms with Gasteiger partial charge in [0.25, 0.3) is 0 Å². The van der Waals surface area contributed by atoms with Crippen LogP contribution in [0.1, 0.15) is 20.8 Å². The summed E-state index contributed by atoms with van der Waals surface area (Å²) in [5.41, 5.74) is 0.0468. The fourth-order valence-corrected chi connectivity index (χ4v) is 1.26. The molecule has 0 fully saturated rings. The van der Waals surface area contributed by atoms with Crippen molar-refractivity contribution >= 4 is 6.41 Å². The number of hydrogen-bond donors (Lipinski definition) is 1. The van der Waals surface area contributed by atoms with Gasteiger partial charge in [-0.25, -0.2) is 4.98 Å². The normalized spacial score (nSPS) is 13.6. The number of aromatic nitrogens is 2. The van der Waals surface area contributed by atoms with E-state index in [2.05, 4.69) is 31.1 Å². The highest BCUT2D eigenvalue weighted by Crippen LogP contribution is 2.20. The first-order valence-corrected chi connectivity index (χ1v) is 4.69. The summed E-state index contributed by atoms with van der Waals surface area (Å²) in [4.78, 5) is 14.4. The van der Waals surface area contributed by atoms with Crippen LogP contribution < -0.4 is 5.32 Å². The van der Waals surface area contributed by atoms with Gasteiger partial charge in [-0.15, -0.1) is 0 Å². The lowest BCUT2D eigenvalue weighted by Gasteiger charge is -2.30. The van der Waals surface area contributed by atoms with Crippen molar-refractivity contribution in [2.24, 2.45) is 5.41 Å². The van der Waals surface area contributed by atoms with Gasteiger partial charge in [0, 0.05) is 18.9 Å². The molecule has 4 nitrogen and oxygen atoms in total. The average Bonchev–Trinajstić information content (AvgIpc) is 2.54. The largest absolute Gasteiger partial charge is 0.354 e. The summed E-state index contributed by atoms with van der Waals surface area (Å²) in [6, 6.07) is 0.120. The van der Waals surface area contributed by atoms with E-state index in [0.29, 0.717) is 0 Å². The van der Waals surface area contributed by atoms with Crippen LogP contribution in [0.2, 0.25) is 0 Å². The summed E-state index contributed by atoms with van der Waals surface area (Å²) in [5, 5.41) is 2.83. The third-order valence-corrected chi connectivity index (χ3v) is 2.27. The van der Waals surface area contributed by atoms with Crippen molar-refractivity contribution in [2.45, 2.75) is 33.4 Å². The third-order valence-electron chi connectivity index (χ3n) is 2.27. The predicted molar refractivity (Wildman–Crippen MR) is 54.7 cm³/mol. The molecule has 0 bridgehead atoms. The maximum atomic E-state index is 10.5. The Kier molecular flexibility index (Phi) is 3.28. The van der Waals surface area contributed by atoms with Crippen LogP contribution in [0.15, 0.2) is 18.7 Å². The molecule has 1 aromatic heterocycles. The topological polar surface area (TPSA) is 46.9 Å².